The standard InChI is InChI=1S/C9H19NO2/c1-12-8-9(7-11)10-5-3-2-4-6-10/h9,11H,2-8H2,1H3. The number of likely N-dealkylation sites (tertiary alicyclic amines) is 1. The van der Waals surface area contributed by atoms with E-state index in [0.29, 0.717) is 6.61 Å². The SMILES string of the molecule is COCC(CO)N1CCCCC1. The van der Waals surface area contributed by atoms with Gasteiger partial charge in [-0.05, 0) is 25.9 Å². The van der Waals surface area contributed by atoms with E-state index >= 15 is 0 Å². The second-order valence-corrected chi connectivity index (χ2v) is 3.39. The Labute approximate surface area is 74.3 Å². The zero-order valence-electron chi connectivity index (χ0n) is 7.83. The Bertz CT molecular complexity index is 110. The zero-order valence-corrected chi connectivity index (χ0v) is 7.83. The first kappa shape index (κ1) is 9.96. The van der Waals surface area contributed by atoms with Crippen LogP contribution in [0.4, 0.5) is 0 Å². The Balaban J connectivity index is 2.29. The summed E-state index contributed by atoms with van der Waals surface area (Å²) in [6.07, 6.45) is 3.86. The number of rotatable bonds is 4. The predicted octanol–water partition coefficient (Wildman–Crippen LogP) is 0.480. The van der Waals surface area contributed by atoms with Gasteiger partial charge >= 0.3 is 0 Å². The van der Waals surface area contributed by atoms with E-state index in [0.717, 1.165) is 13.1 Å². The van der Waals surface area contributed by atoms with Crippen molar-refractivity contribution in [3.05, 3.63) is 0 Å². The Morgan fingerprint density at radius 1 is 1.33 bits per heavy atom. The summed E-state index contributed by atoms with van der Waals surface area (Å²) < 4.78 is 5.05. The van der Waals surface area contributed by atoms with Gasteiger partial charge in [-0.15, -0.1) is 0 Å². The third-order valence-corrected chi connectivity index (χ3v) is 2.48. The molecule has 0 spiro atoms. The summed E-state index contributed by atoms with van der Waals surface area (Å²) in [7, 11) is 1.69. The Morgan fingerprint density at radius 3 is 2.50 bits per heavy atom. The van der Waals surface area contributed by atoms with Crippen molar-refractivity contribution in [1.82, 2.24) is 4.90 Å². The number of aliphatic hydroxyl groups is 1. The molecule has 0 aromatic carbocycles. The number of hydrogen-bond acceptors (Lipinski definition) is 3. The van der Waals surface area contributed by atoms with Crippen LogP contribution in [0.1, 0.15) is 19.3 Å². The van der Waals surface area contributed by atoms with Crippen LogP contribution in [0, 0.1) is 0 Å². The molecule has 1 heterocycles. The number of hydrogen-bond donors (Lipinski definition) is 1. The average Bonchev–Trinajstić information content (AvgIpc) is 2.15. The molecule has 0 aliphatic carbocycles. The lowest BCUT2D eigenvalue weighted by atomic mass is 10.1. The molecular formula is C9H19NO2. The van der Waals surface area contributed by atoms with Crippen LogP contribution in [-0.2, 0) is 4.74 Å². The third-order valence-electron chi connectivity index (χ3n) is 2.48. The van der Waals surface area contributed by atoms with Gasteiger partial charge in [-0.3, -0.25) is 4.90 Å². The van der Waals surface area contributed by atoms with Crippen LogP contribution in [0.2, 0.25) is 0 Å². The first-order chi connectivity index (χ1) is 5.88. The molecule has 1 aliphatic heterocycles. The van der Waals surface area contributed by atoms with Gasteiger partial charge in [-0.2, -0.15) is 0 Å². The first-order valence-corrected chi connectivity index (χ1v) is 4.72. The number of ether oxygens (including phenoxy) is 1. The Kier molecular flexibility index (Phi) is 4.58. The van der Waals surface area contributed by atoms with Gasteiger partial charge < -0.3 is 9.84 Å². The topological polar surface area (TPSA) is 32.7 Å². The summed E-state index contributed by atoms with van der Waals surface area (Å²) in [6, 6.07) is 0.218. The Morgan fingerprint density at radius 2 is 2.00 bits per heavy atom. The lowest BCUT2D eigenvalue weighted by Crippen LogP contribution is -2.43. The molecular weight excluding hydrogens is 154 g/mol. The number of aliphatic hydroxyl groups excluding tert-OH is 1. The van der Waals surface area contributed by atoms with Gasteiger partial charge in [0.1, 0.15) is 0 Å². The summed E-state index contributed by atoms with van der Waals surface area (Å²) in [5.74, 6) is 0. The summed E-state index contributed by atoms with van der Waals surface area (Å²) in [6.45, 7) is 3.10. The molecule has 1 atom stereocenters. The molecule has 0 saturated carbocycles. The van der Waals surface area contributed by atoms with Crippen molar-refractivity contribution in [2.75, 3.05) is 33.4 Å². The molecule has 0 bridgehead atoms. The van der Waals surface area contributed by atoms with Crippen molar-refractivity contribution in [2.24, 2.45) is 0 Å². The normalized spacial score (nSPS) is 22.5. The number of nitrogens with zero attached hydrogens (tertiary/aromatic N) is 1. The van der Waals surface area contributed by atoms with Crippen molar-refractivity contribution < 1.29 is 9.84 Å². The molecule has 72 valence electrons. The van der Waals surface area contributed by atoms with Gasteiger partial charge in [0.2, 0.25) is 0 Å². The molecule has 1 unspecified atom stereocenters. The van der Waals surface area contributed by atoms with Gasteiger partial charge in [0.15, 0.2) is 0 Å². The molecule has 0 aromatic heterocycles. The minimum atomic E-state index is 0.216. The van der Waals surface area contributed by atoms with Crippen molar-refractivity contribution in [1.29, 1.82) is 0 Å². The predicted molar refractivity (Wildman–Crippen MR) is 48.2 cm³/mol. The minimum absolute atomic E-state index is 0.216. The smallest absolute Gasteiger partial charge is 0.0640 e. The second-order valence-electron chi connectivity index (χ2n) is 3.39. The van der Waals surface area contributed by atoms with E-state index in [1.54, 1.807) is 7.11 Å². The highest BCUT2D eigenvalue weighted by Crippen LogP contribution is 2.11. The molecule has 0 aromatic rings. The fourth-order valence-corrected chi connectivity index (χ4v) is 1.75. The maximum atomic E-state index is 9.09. The molecule has 3 nitrogen and oxygen atoms in total. The Hall–Kier alpha value is -0.120. The maximum Gasteiger partial charge on any atom is 0.0640 e. The van der Waals surface area contributed by atoms with Gasteiger partial charge in [0.25, 0.3) is 0 Å². The highest BCUT2D eigenvalue weighted by Gasteiger charge is 2.19. The van der Waals surface area contributed by atoms with E-state index in [1.165, 1.54) is 19.3 Å². The van der Waals surface area contributed by atoms with Crippen molar-refractivity contribution in [3.63, 3.8) is 0 Å². The van der Waals surface area contributed by atoms with E-state index in [-0.39, 0.29) is 12.6 Å². The lowest BCUT2D eigenvalue weighted by molar-refractivity contribution is 0.0423. The summed E-state index contributed by atoms with van der Waals surface area (Å²) in [5, 5.41) is 9.09. The molecule has 1 fully saturated rings. The molecule has 0 amide bonds. The van der Waals surface area contributed by atoms with Crippen LogP contribution in [0.15, 0.2) is 0 Å². The van der Waals surface area contributed by atoms with Crippen molar-refractivity contribution >= 4 is 0 Å². The van der Waals surface area contributed by atoms with E-state index in [9.17, 15) is 0 Å². The number of piperidine rings is 1. The largest absolute Gasteiger partial charge is 0.395 e. The molecule has 1 aliphatic rings. The van der Waals surface area contributed by atoms with Gasteiger partial charge in [-0.25, -0.2) is 0 Å². The van der Waals surface area contributed by atoms with Gasteiger partial charge in [0.05, 0.1) is 19.3 Å². The lowest BCUT2D eigenvalue weighted by Gasteiger charge is -2.32. The van der Waals surface area contributed by atoms with Crippen LogP contribution < -0.4 is 0 Å². The average molecular weight is 173 g/mol. The monoisotopic (exact) mass is 173 g/mol. The molecule has 1 rings (SSSR count). The molecule has 1 saturated heterocycles. The third kappa shape index (κ3) is 2.73. The highest BCUT2D eigenvalue weighted by atomic mass is 16.5. The molecule has 12 heavy (non-hydrogen) atoms. The minimum Gasteiger partial charge on any atom is -0.395 e. The quantitative estimate of drug-likeness (QED) is 0.671. The highest BCUT2D eigenvalue weighted by molar-refractivity contribution is 4.73. The van der Waals surface area contributed by atoms with Crippen molar-refractivity contribution in [3.8, 4) is 0 Å². The summed E-state index contributed by atoms with van der Waals surface area (Å²) >= 11 is 0. The van der Waals surface area contributed by atoms with E-state index in [4.69, 9.17) is 9.84 Å². The van der Waals surface area contributed by atoms with Crippen molar-refractivity contribution in [2.45, 2.75) is 25.3 Å². The van der Waals surface area contributed by atoms with Crippen LogP contribution in [0.5, 0.6) is 0 Å². The van der Waals surface area contributed by atoms with Crippen LogP contribution in [0.25, 0.3) is 0 Å². The molecule has 0 radical (unpaired) electrons. The van der Waals surface area contributed by atoms with Gasteiger partial charge in [0, 0.05) is 7.11 Å². The fourth-order valence-electron chi connectivity index (χ4n) is 1.75. The summed E-state index contributed by atoms with van der Waals surface area (Å²) in [4.78, 5) is 2.33. The zero-order chi connectivity index (χ0) is 8.81. The second kappa shape index (κ2) is 5.51. The summed E-state index contributed by atoms with van der Waals surface area (Å²) in [5.41, 5.74) is 0. The van der Waals surface area contributed by atoms with Crippen LogP contribution in [-0.4, -0.2) is 49.5 Å². The van der Waals surface area contributed by atoms with Crippen LogP contribution >= 0.6 is 0 Å². The molecule has 1 N–H and O–H groups in total. The van der Waals surface area contributed by atoms with Crippen LogP contribution in [0.3, 0.4) is 0 Å². The van der Waals surface area contributed by atoms with E-state index in [2.05, 4.69) is 4.90 Å². The molecule has 3 heteroatoms. The fraction of sp³-hybridized carbons (Fsp3) is 1.00. The van der Waals surface area contributed by atoms with E-state index in [1.807, 2.05) is 0 Å². The number of methoxy groups -OCH3 is 1. The first-order valence-electron chi connectivity index (χ1n) is 4.72. The maximum absolute atomic E-state index is 9.09. The van der Waals surface area contributed by atoms with E-state index < -0.39 is 0 Å². The van der Waals surface area contributed by atoms with Gasteiger partial charge in [-0.1, -0.05) is 6.42 Å².